The molecule has 1 saturated carbocycles. The highest BCUT2D eigenvalue weighted by atomic mass is 127. The summed E-state index contributed by atoms with van der Waals surface area (Å²) in [4.78, 5) is 11.6. The first-order valence-electron chi connectivity index (χ1n) is 6.58. The van der Waals surface area contributed by atoms with Crippen molar-refractivity contribution in [2.24, 2.45) is 11.7 Å². The van der Waals surface area contributed by atoms with Gasteiger partial charge < -0.3 is 11.1 Å². The van der Waals surface area contributed by atoms with Gasteiger partial charge in [-0.05, 0) is 66.5 Å². The standard InChI is InChI=1S/C14H15IN4O/c1-7(8-2-3-8)17-12-10-5-4-9(15)6-11(10)18-19-13(12)14(16)20/h4-8H,2-3H2,1H3,(H2,16,20)(H,17,18). The number of rotatable bonds is 4. The van der Waals surface area contributed by atoms with Crippen molar-refractivity contribution < 1.29 is 4.79 Å². The van der Waals surface area contributed by atoms with Crippen LogP contribution >= 0.6 is 22.6 Å². The number of hydrogen-bond donors (Lipinski definition) is 2. The third kappa shape index (κ3) is 2.56. The van der Waals surface area contributed by atoms with E-state index in [0.29, 0.717) is 17.6 Å². The second-order valence-electron chi connectivity index (χ2n) is 5.22. The number of halogens is 1. The van der Waals surface area contributed by atoms with Crippen LogP contribution in [0.3, 0.4) is 0 Å². The van der Waals surface area contributed by atoms with E-state index >= 15 is 0 Å². The van der Waals surface area contributed by atoms with E-state index in [1.54, 1.807) is 0 Å². The molecule has 20 heavy (non-hydrogen) atoms. The second kappa shape index (κ2) is 5.16. The molecule has 1 unspecified atom stereocenters. The lowest BCUT2D eigenvalue weighted by molar-refractivity contribution is 0.0995. The van der Waals surface area contributed by atoms with Crippen molar-refractivity contribution in [3.8, 4) is 0 Å². The number of anilines is 1. The van der Waals surface area contributed by atoms with Gasteiger partial charge in [0.25, 0.3) is 5.91 Å². The van der Waals surface area contributed by atoms with Crippen molar-refractivity contribution in [1.82, 2.24) is 10.2 Å². The summed E-state index contributed by atoms with van der Waals surface area (Å²) in [6, 6.07) is 6.20. The van der Waals surface area contributed by atoms with Gasteiger partial charge in [-0.25, -0.2) is 0 Å². The summed E-state index contributed by atoms with van der Waals surface area (Å²) < 4.78 is 1.08. The lowest BCUT2D eigenvalue weighted by Gasteiger charge is -2.17. The highest BCUT2D eigenvalue weighted by Crippen LogP contribution is 2.35. The van der Waals surface area contributed by atoms with Gasteiger partial charge in [0.05, 0.1) is 11.2 Å². The van der Waals surface area contributed by atoms with Gasteiger partial charge in [0.1, 0.15) is 0 Å². The number of aromatic nitrogens is 2. The van der Waals surface area contributed by atoms with Crippen LogP contribution in [0.15, 0.2) is 18.2 Å². The first-order chi connectivity index (χ1) is 9.56. The zero-order valence-electron chi connectivity index (χ0n) is 11.1. The Morgan fingerprint density at radius 2 is 2.20 bits per heavy atom. The van der Waals surface area contributed by atoms with Crippen molar-refractivity contribution in [2.75, 3.05) is 5.32 Å². The molecule has 2 aromatic rings. The van der Waals surface area contributed by atoms with Gasteiger partial charge in [0.2, 0.25) is 0 Å². The van der Waals surface area contributed by atoms with Crippen LogP contribution in [0.25, 0.3) is 10.9 Å². The van der Waals surface area contributed by atoms with E-state index in [2.05, 4.69) is 45.0 Å². The molecular formula is C14H15IN4O. The molecule has 1 heterocycles. The molecule has 1 fully saturated rings. The Morgan fingerprint density at radius 3 is 2.85 bits per heavy atom. The average molecular weight is 382 g/mol. The van der Waals surface area contributed by atoms with Gasteiger partial charge in [-0.2, -0.15) is 0 Å². The lowest BCUT2D eigenvalue weighted by Crippen LogP contribution is -2.23. The fraction of sp³-hybridized carbons (Fsp3) is 0.357. The van der Waals surface area contributed by atoms with Gasteiger partial charge in [0, 0.05) is 15.0 Å². The zero-order chi connectivity index (χ0) is 14.3. The lowest BCUT2D eigenvalue weighted by atomic mass is 10.1. The van der Waals surface area contributed by atoms with Gasteiger partial charge in [0.15, 0.2) is 5.69 Å². The summed E-state index contributed by atoms with van der Waals surface area (Å²) in [6.45, 7) is 2.13. The Balaban J connectivity index is 2.12. The van der Waals surface area contributed by atoms with Crippen LogP contribution in [0.1, 0.15) is 30.3 Å². The first-order valence-corrected chi connectivity index (χ1v) is 7.66. The summed E-state index contributed by atoms with van der Waals surface area (Å²) in [5, 5.41) is 12.4. The number of amides is 1. The molecule has 1 aromatic heterocycles. The Kier molecular flexibility index (Phi) is 3.49. The van der Waals surface area contributed by atoms with E-state index in [1.165, 1.54) is 12.8 Å². The van der Waals surface area contributed by atoms with Crippen LogP contribution in [0, 0.1) is 9.49 Å². The predicted octanol–water partition coefficient (Wildman–Crippen LogP) is 2.54. The van der Waals surface area contributed by atoms with E-state index in [0.717, 1.165) is 14.5 Å². The monoisotopic (exact) mass is 382 g/mol. The van der Waals surface area contributed by atoms with Crippen LogP contribution in [0.4, 0.5) is 5.69 Å². The van der Waals surface area contributed by atoms with Crippen molar-refractivity contribution in [3.63, 3.8) is 0 Å². The number of carbonyl (C=O) groups excluding carboxylic acids is 1. The molecule has 6 heteroatoms. The van der Waals surface area contributed by atoms with E-state index in [-0.39, 0.29) is 5.69 Å². The maximum Gasteiger partial charge on any atom is 0.271 e. The molecule has 0 bridgehead atoms. The molecule has 1 aliphatic rings. The SMILES string of the molecule is CC(Nc1c(C(N)=O)nnc2cc(I)ccc12)C1CC1. The average Bonchev–Trinajstić information content (AvgIpc) is 3.22. The van der Waals surface area contributed by atoms with E-state index in [1.807, 2.05) is 18.2 Å². The summed E-state index contributed by atoms with van der Waals surface area (Å²) in [5.41, 5.74) is 7.11. The Labute approximate surface area is 130 Å². The summed E-state index contributed by atoms with van der Waals surface area (Å²) in [7, 11) is 0. The fourth-order valence-electron chi connectivity index (χ4n) is 2.34. The van der Waals surface area contributed by atoms with Crippen LogP contribution in [-0.4, -0.2) is 22.1 Å². The number of hydrogen-bond acceptors (Lipinski definition) is 4. The fourth-order valence-corrected chi connectivity index (χ4v) is 2.82. The highest BCUT2D eigenvalue weighted by Gasteiger charge is 2.29. The van der Waals surface area contributed by atoms with Gasteiger partial charge >= 0.3 is 0 Å². The van der Waals surface area contributed by atoms with Gasteiger partial charge in [-0.3, -0.25) is 4.79 Å². The van der Waals surface area contributed by atoms with Crippen molar-refractivity contribution >= 4 is 45.1 Å². The highest BCUT2D eigenvalue weighted by molar-refractivity contribution is 14.1. The maximum atomic E-state index is 11.6. The Hall–Kier alpha value is -1.44. The number of carbonyl (C=O) groups is 1. The van der Waals surface area contributed by atoms with Crippen molar-refractivity contribution in [2.45, 2.75) is 25.8 Å². The third-order valence-electron chi connectivity index (χ3n) is 3.66. The number of nitrogens with zero attached hydrogens (tertiary/aromatic N) is 2. The Bertz CT molecular complexity index is 684. The predicted molar refractivity (Wildman–Crippen MR) is 86.6 cm³/mol. The smallest absolute Gasteiger partial charge is 0.271 e. The minimum absolute atomic E-state index is 0.214. The quantitative estimate of drug-likeness (QED) is 0.797. The van der Waals surface area contributed by atoms with Crippen LogP contribution in [0.5, 0.6) is 0 Å². The molecular weight excluding hydrogens is 367 g/mol. The minimum atomic E-state index is -0.552. The van der Waals surface area contributed by atoms with Crippen LogP contribution in [-0.2, 0) is 0 Å². The molecule has 0 spiro atoms. The molecule has 1 amide bonds. The number of nitrogens with one attached hydrogen (secondary N) is 1. The van der Waals surface area contributed by atoms with Crippen molar-refractivity contribution in [3.05, 3.63) is 27.5 Å². The molecule has 104 valence electrons. The molecule has 0 saturated heterocycles. The van der Waals surface area contributed by atoms with Gasteiger partial charge in [-0.1, -0.05) is 0 Å². The van der Waals surface area contributed by atoms with Gasteiger partial charge in [-0.15, -0.1) is 10.2 Å². The minimum Gasteiger partial charge on any atom is -0.380 e. The van der Waals surface area contributed by atoms with E-state index in [9.17, 15) is 4.79 Å². The first kappa shape index (κ1) is 13.5. The molecule has 3 N–H and O–H groups in total. The molecule has 1 aromatic carbocycles. The largest absolute Gasteiger partial charge is 0.380 e. The van der Waals surface area contributed by atoms with Crippen molar-refractivity contribution in [1.29, 1.82) is 0 Å². The maximum absolute atomic E-state index is 11.6. The normalized spacial score (nSPS) is 16.1. The molecule has 3 rings (SSSR count). The number of benzene rings is 1. The van der Waals surface area contributed by atoms with E-state index in [4.69, 9.17) is 5.73 Å². The molecule has 1 aliphatic carbocycles. The number of fused-ring (bicyclic) bond motifs is 1. The number of primary amides is 1. The summed E-state index contributed by atoms with van der Waals surface area (Å²) >= 11 is 2.23. The Morgan fingerprint density at radius 1 is 1.45 bits per heavy atom. The second-order valence-corrected chi connectivity index (χ2v) is 6.47. The molecule has 0 aliphatic heterocycles. The van der Waals surface area contributed by atoms with E-state index < -0.39 is 5.91 Å². The topological polar surface area (TPSA) is 80.9 Å². The molecule has 0 radical (unpaired) electrons. The van der Waals surface area contributed by atoms with Crippen LogP contribution in [0.2, 0.25) is 0 Å². The number of nitrogens with two attached hydrogens (primary N) is 1. The van der Waals surface area contributed by atoms with Crippen LogP contribution < -0.4 is 11.1 Å². The zero-order valence-corrected chi connectivity index (χ0v) is 13.2. The summed E-state index contributed by atoms with van der Waals surface area (Å²) in [5.74, 6) is 0.117. The third-order valence-corrected chi connectivity index (χ3v) is 4.33. The summed E-state index contributed by atoms with van der Waals surface area (Å²) in [6.07, 6.45) is 2.46. The molecule has 1 atom stereocenters. The molecule has 5 nitrogen and oxygen atoms in total.